The van der Waals surface area contributed by atoms with E-state index in [0.717, 1.165) is 51.6 Å². The summed E-state index contributed by atoms with van der Waals surface area (Å²) >= 11 is 1.57. The summed E-state index contributed by atoms with van der Waals surface area (Å²) < 4.78 is 47.0. The molecule has 11 heteroatoms. The summed E-state index contributed by atoms with van der Waals surface area (Å²) in [6.07, 6.45) is 2.62. The number of fused-ring (bicyclic) bond motifs is 1. The molecule has 0 radical (unpaired) electrons. The number of hydrogen-bond donors (Lipinski definition) is 0. The number of alkyl halides is 3. The maximum Gasteiger partial charge on any atom is 0.434 e. The van der Waals surface area contributed by atoms with Crippen LogP contribution in [-0.4, -0.2) is 36.6 Å². The van der Waals surface area contributed by atoms with Gasteiger partial charge in [-0.2, -0.15) is 13.2 Å². The normalized spacial score (nSPS) is 13.9. The van der Waals surface area contributed by atoms with Crippen molar-refractivity contribution in [2.24, 2.45) is 7.05 Å². The third-order valence-electron chi connectivity index (χ3n) is 6.38. The van der Waals surface area contributed by atoms with Gasteiger partial charge in [0.2, 0.25) is 5.88 Å². The number of benzene rings is 1. The second-order valence-electron chi connectivity index (χ2n) is 9.02. The summed E-state index contributed by atoms with van der Waals surface area (Å²) in [5.41, 5.74) is 4.27. The fraction of sp³-hybridized carbons (Fsp3) is 0.269. The standard InChI is InChI=1S/C26H21F3N6OS/c1-35-11-19(26(27,28)29)33-24(35)16-5-3-14(4-6-16)9-17-12-37-18-10-30-23(34-21(17)18)20-22(15-7-8-15)31-13-32-25(20)36-2/h3-6,10-13,15H,7-9H2,1-2H3. The van der Waals surface area contributed by atoms with Gasteiger partial charge in [-0.25, -0.2) is 24.9 Å². The Hall–Kier alpha value is -3.86. The van der Waals surface area contributed by atoms with Gasteiger partial charge in [-0.15, -0.1) is 11.3 Å². The van der Waals surface area contributed by atoms with Crippen LogP contribution in [0.15, 0.2) is 48.4 Å². The lowest BCUT2D eigenvalue weighted by Gasteiger charge is -2.10. The van der Waals surface area contributed by atoms with E-state index in [0.29, 0.717) is 29.6 Å². The van der Waals surface area contributed by atoms with Crippen LogP contribution in [0.25, 0.3) is 33.0 Å². The summed E-state index contributed by atoms with van der Waals surface area (Å²) in [5.74, 6) is 1.64. The number of methoxy groups -OCH3 is 1. The van der Waals surface area contributed by atoms with Crippen molar-refractivity contribution in [2.45, 2.75) is 31.4 Å². The van der Waals surface area contributed by atoms with E-state index in [1.807, 2.05) is 18.3 Å². The van der Waals surface area contributed by atoms with Gasteiger partial charge < -0.3 is 9.30 Å². The Morgan fingerprint density at radius 1 is 1.08 bits per heavy atom. The van der Waals surface area contributed by atoms with Crippen molar-refractivity contribution in [3.05, 3.63) is 70.9 Å². The molecule has 0 saturated heterocycles. The van der Waals surface area contributed by atoms with E-state index < -0.39 is 11.9 Å². The van der Waals surface area contributed by atoms with Crippen molar-refractivity contribution < 1.29 is 17.9 Å². The molecule has 4 heterocycles. The van der Waals surface area contributed by atoms with E-state index in [1.165, 1.54) is 10.9 Å². The number of aromatic nitrogens is 6. The molecule has 0 unspecified atom stereocenters. The number of aryl methyl sites for hydroxylation is 1. The van der Waals surface area contributed by atoms with Crippen LogP contribution in [-0.2, 0) is 19.6 Å². The quantitative estimate of drug-likeness (QED) is 0.270. The van der Waals surface area contributed by atoms with Crippen molar-refractivity contribution in [3.8, 4) is 28.7 Å². The maximum atomic E-state index is 13.0. The molecule has 188 valence electrons. The monoisotopic (exact) mass is 522 g/mol. The number of rotatable bonds is 6. The van der Waals surface area contributed by atoms with Gasteiger partial charge in [0.25, 0.3) is 0 Å². The van der Waals surface area contributed by atoms with Gasteiger partial charge in [-0.05, 0) is 29.3 Å². The molecule has 0 aliphatic heterocycles. The first-order chi connectivity index (χ1) is 17.8. The van der Waals surface area contributed by atoms with Gasteiger partial charge in [-0.3, -0.25) is 0 Å². The number of nitrogens with zero attached hydrogens (tertiary/aromatic N) is 6. The molecule has 1 aliphatic rings. The summed E-state index contributed by atoms with van der Waals surface area (Å²) in [7, 11) is 3.14. The van der Waals surface area contributed by atoms with E-state index in [1.54, 1.807) is 37.6 Å². The van der Waals surface area contributed by atoms with E-state index in [2.05, 4.69) is 25.3 Å². The van der Waals surface area contributed by atoms with E-state index in [4.69, 9.17) is 9.72 Å². The van der Waals surface area contributed by atoms with Crippen LogP contribution >= 0.6 is 11.3 Å². The third-order valence-corrected chi connectivity index (χ3v) is 7.34. The predicted octanol–water partition coefficient (Wildman–Crippen LogP) is 6.04. The van der Waals surface area contributed by atoms with Gasteiger partial charge in [-0.1, -0.05) is 24.3 Å². The summed E-state index contributed by atoms with van der Waals surface area (Å²) in [6, 6.07) is 7.39. The summed E-state index contributed by atoms with van der Waals surface area (Å²) in [4.78, 5) is 22.1. The van der Waals surface area contributed by atoms with Gasteiger partial charge >= 0.3 is 6.18 Å². The minimum atomic E-state index is -4.48. The van der Waals surface area contributed by atoms with E-state index in [-0.39, 0.29) is 5.82 Å². The van der Waals surface area contributed by atoms with Crippen molar-refractivity contribution in [2.75, 3.05) is 7.11 Å². The molecule has 1 saturated carbocycles. The zero-order valence-electron chi connectivity index (χ0n) is 20.0. The number of halogens is 3. The highest BCUT2D eigenvalue weighted by molar-refractivity contribution is 7.17. The molecule has 7 nitrogen and oxygen atoms in total. The average molecular weight is 523 g/mol. The third kappa shape index (κ3) is 4.43. The Balaban J connectivity index is 1.31. The van der Waals surface area contributed by atoms with Gasteiger partial charge in [0.15, 0.2) is 11.5 Å². The number of ether oxygens (including phenoxy) is 1. The topological polar surface area (TPSA) is 78.6 Å². The molecule has 6 rings (SSSR count). The van der Waals surface area contributed by atoms with Crippen LogP contribution in [0.2, 0.25) is 0 Å². The average Bonchev–Trinajstić information content (AvgIpc) is 3.55. The Morgan fingerprint density at radius 3 is 2.54 bits per heavy atom. The molecular weight excluding hydrogens is 501 g/mol. The van der Waals surface area contributed by atoms with Crippen molar-refractivity contribution in [3.63, 3.8) is 0 Å². The predicted molar refractivity (Wildman–Crippen MR) is 133 cm³/mol. The Bertz CT molecular complexity index is 1610. The van der Waals surface area contributed by atoms with Crippen LogP contribution in [0.5, 0.6) is 5.88 Å². The molecule has 37 heavy (non-hydrogen) atoms. The highest BCUT2D eigenvalue weighted by atomic mass is 32.1. The SMILES string of the molecule is COc1ncnc(C2CC2)c1-c1ncc2scc(Cc3ccc(-c4nc(C(F)(F)F)cn4C)cc3)c2n1. The minimum absolute atomic E-state index is 0.266. The second-order valence-corrected chi connectivity index (χ2v) is 9.93. The van der Waals surface area contributed by atoms with Crippen LogP contribution in [0, 0.1) is 0 Å². The smallest absolute Gasteiger partial charge is 0.434 e. The lowest BCUT2D eigenvalue weighted by atomic mass is 10.0. The summed E-state index contributed by atoms with van der Waals surface area (Å²) in [5, 5.41) is 2.06. The Kier molecular flexibility index (Phi) is 5.67. The van der Waals surface area contributed by atoms with Crippen LogP contribution < -0.4 is 4.74 Å². The highest BCUT2D eigenvalue weighted by Gasteiger charge is 2.34. The zero-order chi connectivity index (χ0) is 25.7. The maximum absolute atomic E-state index is 13.0. The molecule has 0 atom stereocenters. The zero-order valence-corrected chi connectivity index (χ0v) is 20.8. The van der Waals surface area contributed by atoms with Crippen molar-refractivity contribution in [1.82, 2.24) is 29.5 Å². The Morgan fingerprint density at radius 2 is 1.86 bits per heavy atom. The van der Waals surface area contributed by atoms with Gasteiger partial charge in [0.05, 0.1) is 23.0 Å². The Labute approximate surface area is 214 Å². The molecule has 4 aromatic heterocycles. The lowest BCUT2D eigenvalue weighted by Crippen LogP contribution is -2.04. The van der Waals surface area contributed by atoms with E-state index in [9.17, 15) is 13.2 Å². The highest BCUT2D eigenvalue weighted by Crippen LogP contribution is 2.45. The van der Waals surface area contributed by atoms with Crippen LogP contribution in [0.1, 0.15) is 41.3 Å². The van der Waals surface area contributed by atoms with Crippen LogP contribution in [0.4, 0.5) is 13.2 Å². The first kappa shape index (κ1) is 23.5. The fourth-order valence-electron chi connectivity index (χ4n) is 4.40. The van der Waals surface area contributed by atoms with Crippen molar-refractivity contribution in [1.29, 1.82) is 0 Å². The molecule has 5 aromatic rings. The molecule has 0 bridgehead atoms. The van der Waals surface area contributed by atoms with E-state index >= 15 is 0 Å². The number of thiophene rings is 1. The van der Waals surface area contributed by atoms with Gasteiger partial charge in [0.1, 0.15) is 17.7 Å². The second kappa shape index (κ2) is 8.91. The summed E-state index contributed by atoms with van der Waals surface area (Å²) in [6.45, 7) is 0. The largest absolute Gasteiger partial charge is 0.480 e. The molecule has 0 N–H and O–H groups in total. The van der Waals surface area contributed by atoms with Crippen molar-refractivity contribution >= 4 is 21.6 Å². The molecule has 0 amide bonds. The number of imidazole rings is 1. The molecule has 1 aliphatic carbocycles. The molecule has 1 fully saturated rings. The molecule has 1 aromatic carbocycles. The molecular formula is C26H21F3N6OS. The minimum Gasteiger partial charge on any atom is -0.480 e. The lowest BCUT2D eigenvalue weighted by molar-refractivity contribution is -0.140. The molecule has 0 spiro atoms. The fourth-order valence-corrected chi connectivity index (χ4v) is 5.27. The van der Waals surface area contributed by atoms with Gasteiger partial charge in [0, 0.05) is 37.3 Å². The number of hydrogen-bond acceptors (Lipinski definition) is 7. The first-order valence-corrected chi connectivity index (χ1v) is 12.5. The van der Waals surface area contributed by atoms with Crippen LogP contribution in [0.3, 0.4) is 0 Å². The first-order valence-electron chi connectivity index (χ1n) is 11.6.